The Labute approximate surface area is 165 Å². The summed E-state index contributed by atoms with van der Waals surface area (Å²) in [7, 11) is 1.42. The molecule has 3 rings (SSSR count). The van der Waals surface area contributed by atoms with Crippen molar-refractivity contribution in [3.05, 3.63) is 59.7 Å². The van der Waals surface area contributed by atoms with Crippen molar-refractivity contribution in [2.24, 2.45) is 17.6 Å². The third-order valence-corrected chi connectivity index (χ3v) is 5.60. The average molecular weight is 385 g/mol. The molecule has 1 aliphatic carbocycles. The lowest BCUT2D eigenvalue weighted by Crippen LogP contribution is -2.37. The van der Waals surface area contributed by atoms with Gasteiger partial charge in [0.2, 0.25) is 5.91 Å². The summed E-state index contributed by atoms with van der Waals surface area (Å²) in [6, 6.07) is 10.2. The second-order valence-electron chi connectivity index (χ2n) is 7.46. The number of nitrogens with one attached hydrogen (secondary N) is 1. The molecule has 0 saturated heterocycles. The van der Waals surface area contributed by atoms with Crippen molar-refractivity contribution in [3.63, 3.8) is 0 Å². The fourth-order valence-electron chi connectivity index (χ4n) is 3.98. The summed E-state index contributed by atoms with van der Waals surface area (Å²) >= 11 is 0. The second kappa shape index (κ2) is 9.64. The van der Waals surface area contributed by atoms with Gasteiger partial charge in [0.15, 0.2) is 11.6 Å². The first-order chi connectivity index (χ1) is 13.6. The van der Waals surface area contributed by atoms with Crippen LogP contribution in [0.4, 0.5) is 4.39 Å². The summed E-state index contributed by atoms with van der Waals surface area (Å²) in [6.45, 7) is 0.719. The minimum Gasteiger partial charge on any atom is -0.494 e. The maximum Gasteiger partial charge on any atom is 0.224 e. The minimum absolute atomic E-state index is 0.113. The Bertz CT molecular complexity index is 777. The SMILES string of the molecule is COc1ccc(CC(=O)N[C@@H](c2ccccn2)C2CCC(CN)CC2)cc1F. The van der Waals surface area contributed by atoms with Gasteiger partial charge in [-0.15, -0.1) is 0 Å². The Balaban J connectivity index is 1.70. The molecule has 6 heteroatoms. The maximum atomic E-state index is 13.9. The molecule has 5 nitrogen and oxygen atoms in total. The van der Waals surface area contributed by atoms with Gasteiger partial charge in [0.25, 0.3) is 0 Å². The lowest BCUT2D eigenvalue weighted by atomic mass is 9.77. The van der Waals surface area contributed by atoms with Crippen LogP contribution in [0.1, 0.15) is 43.0 Å². The van der Waals surface area contributed by atoms with Crippen molar-refractivity contribution in [2.75, 3.05) is 13.7 Å². The van der Waals surface area contributed by atoms with Crippen LogP contribution in [0.15, 0.2) is 42.6 Å². The number of ether oxygens (including phenoxy) is 1. The molecular formula is C22H28FN3O2. The van der Waals surface area contributed by atoms with Crippen LogP contribution in [-0.2, 0) is 11.2 Å². The third-order valence-electron chi connectivity index (χ3n) is 5.60. The number of carbonyl (C=O) groups excluding carboxylic acids is 1. The van der Waals surface area contributed by atoms with Gasteiger partial charge in [0.05, 0.1) is 25.3 Å². The third kappa shape index (κ3) is 5.07. The standard InChI is InChI=1S/C22H28FN3O2/c1-28-20-10-7-16(12-18(20)23)13-21(27)26-22(19-4-2-3-11-25-19)17-8-5-15(14-24)6-9-17/h2-4,7,10-12,15,17,22H,5-6,8-9,13-14,24H2,1H3,(H,26,27)/t15?,17?,22-/m1/s1. The van der Waals surface area contributed by atoms with Gasteiger partial charge >= 0.3 is 0 Å². The maximum absolute atomic E-state index is 13.9. The molecule has 0 spiro atoms. The number of carbonyl (C=O) groups is 1. The molecule has 28 heavy (non-hydrogen) atoms. The fourth-order valence-corrected chi connectivity index (χ4v) is 3.98. The van der Waals surface area contributed by atoms with Crippen LogP contribution in [0.5, 0.6) is 5.75 Å². The largest absolute Gasteiger partial charge is 0.494 e. The summed E-state index contributed by atoms with van der Waals surface area (Å²) in [4.78, 5) is 17.2. The molecule has 1 aliphatic rings. The zero-order valence-electron chi connectivity index (χ0n) is 16.2. The normalized spacial score (nSPS) is 20.4. The number of benzene rings is 1. The van der Waals surface area contributed by atoms with Crippen molar-refractivity contribution < 1.29 is 13.9 Å². The molecule has 1 aromatic carbocycles. The lowest BCUT2D eigenvalue weighted by molar-refractivity contribution is -0.121. The first-order valence-electron chi connectivity index (χ1n) is 9.83. The molecule has 1 saturated carbocycles. The number of halogens is 1. The van der Waals surface area contributed by atoms with Crippen molar-refractivity contribution in [1.29, 1.82) is 0 Å². The van der Waals surface area contributed by atoms with E-state index in [-0.39, 0.29) is 24.1 Å². The van der Waals surface area contributed by atoms with Crippen molar-refractivity contribution in [3.8, 4) is 5.75 Å². The Morgan fingerprint density at radius 1 is 1.29 bits per heavy atom. The number of pyridine rings is 1. The van der Waals surface area contributed by atoms with E-state index in [1.165, 1.54) is 13.2 Å². The number of aromatic nitrogens is 1. The van der Waals surface area contributed by atoms with Gasteiger partial charge in [-0.1, -0.05) is 12.1 Å². The van der Waals surface area contributed by atoms with Crippen LogP contribution < -0.4 is 15.8 Å². The van der Waals surface area contributed by atoms with E-state index in [4.69, 9.17) is 10.5 Å². The minimum atomic E-state index is -0.464. The number of nitrogens with zero attached hydrogens (tertiary/aromatic N) is 1. The summed E-state index contributed by atoms with van der Waals surface area (Å²) in [5.74, 6) is 0.468. The number of hydrogen-bond donors (Lipinski definition) is 2. The Morgan fingerprint density at radius 2 is 2.07 bits per heavy atom. The molecule has 0 radical (unpaired) electrons. The monoisotopic (exact) mass is 385 g/mol. The van der Waals surface area contributed by atoms with E-state index in [1.807, 2.05) is 18.2 Å². The van der Waals surface area contributed by atoms with E-state index in [9.17, 15) is 9.18 Å². The number of methoxy groups -OCH3 is 1. The molecule has 1 amide bonds. The fraction of sp³-hybridized carbons (Fsp3) is 0.455. The Kier molecular flexibility index (Phi) is 6.98. The van der Waals surface area contributed by atoms with Crippen LogP contribution in [0.2, 0.25) is 0 Å². The topological polar surface area (TPSA) is 77.2 Å². The number of nitrogens with two attached hydrogens (primary N) is 1. The predicted octanol–water partition coefficient (Wildman–Crippen LogP) is 3.39. The smallest absolute Gasteiger partial charge is 0.224 e. The Morgan fingerprint density at radius 3 is 2.68 bits per heavy atom. The molecule has 0 aliphatic heterocycles. The summed E-state index contributed by atoms with van der Waals surface area (Å²) < 4.78 is 18.8. The molecule has 1 fully saturated rings. The Hall–Kier alpha value is -2.47. The summed E-state index contributed by atoms with van der Waals surface area (Å²) in [5, 5.41) is 3.15. The molecule has 0 unspecified atom stereocenters. The van der Waals surface area contributed by atoms with Gasteiger partial charge in [-0.05, 0) is 73.9 Å². The van der Waals surface area contributed by atoms with Crippen LogP contribution in [0.25, 0.3) is 0 Å². The van der Waals surface area contributed by atoms with Crippen LogP contribution in [0.3, 0.4) is 0 Å². The highest BCUT2D eigenvalue weighted by Crippen LogP contribution is 2.36. The molecule has 0 bridgehead atoms. The summed E-state index contributed by atoms with van der Waals surface area (Å²) in [6.07, 6.45) is 6.04. The van der Waals surface area contributed by atoms with E-state index in [1.54, 1.807) is 18.3 Å². The average Bonchev–Trinajstić information content (AvgIpc) is 2.73. The summed E-state index contributed by atoms with van der Waals surface area (Å²) in [5.41, 5.74) is 7.30. The van der Waals surface area contributed by atoms with Crippen molar-refractivity contribution in [2.45, 2.75) is 38.1 Å². The van der Waals surface area contributed by atoms with Crippen LogP contribution in [-0.4, -0.2) is 24.5 Å². The predicted molar refractivity (Wildman–Crippen MR) is 106 cm³/mol. The molecule has 2 aromatic rings. The highest BCUT2D eigenvalue weighted by molar-refractivity contribution is 5.79. The number of hydrogen-bond acceptors (Lipinski definition) is 4. The zero-order valence-corrected chi connectivity index (χ0v) is 16.2. The quantitative estimate of drug-likeness (QED) is 0.766. The van der Waals surface area contributed by atoms with Gasteiger partial charge < -0.3 is 15.8 Å². The van der Waals surface area contributed by atoms with Gasteiger partial charge in [0.1, 0.15) is 0 Å². The highest BCUT2D eigenvalue weighted by atomic mass is 19.1. The van der Waals surface area contributed by atoms with Gasteiger partial charge in [-0.3, -0.25) is 9.78 Å². The molecule has 1 aromatic heterocycles. The van der Waals surface area contributed by atoms with E-state index in [2.05, 4.69) is 10.3 Å². The van der Waals surface area contributed by atoms with Crippen molar-refractivity contribution >= 4 is 5.91 Å². The molecule has 150 valence electrons. The van der Waals surface area contributed by atoms with E-state index in [0.717, 1.165) is 37.9 Å². The van der Waals surface area contributed by atoms with Gasteiger partial charge in [-0.25, -0.2) is 4.39 Å². The first-order valence-corrected chi connectivity index (χ1v) is 9.83. The van der Waals surface area contributed by atoms with Gasteiger partial charge in [0, 0.05) is 6.20 Å². The molecular weight excluding hydrogens is 357 g/mol. The lowest BCUT2D eigenvalue weighted by Gasteiger charge is -2.33. The van der Waals surface area contributed by atoms with Gasteiger partial charge in [-0.2, -0.15) is 0 Å². The molecule has 3 N–H and O–H groups in total. The zero-order chi connectivity index (χ0) is 19.9. The molecule has 1 heterocycles. The van der Waals surface area contributed by atoms with E-state index in [0.29, 0.717) is 17.4 Å². The van der Waals surface area contributed by atoms with Crippen molar-refractivity contribution in [1.82, 2.24) is 10.3 Å². The van der Waals surface area contributed by atoms with E-state index >= 15 is 0 Å². The molecule has 1 atom stereocenters. The second-order valence-corrected chi connectivity index (χ2v) is 7.46. The number of amides is 1. The van der Waals surface area contributed by atoms with Crippen LogP contribution in [0, 0.1) is 17.7 Å². The van der Waals surface area contributed by atoms with Crippen LogP contribution >= 0.6 is 0 Å². The highest BCUT2D eigenvalue weighted by Gasteiger charge is 2.30. The number of rotatable bonds is 7. The first kappa shape index (κ1) is 20.3. The van der Waals surface area contributed by atoms with E-state index < -0.39 is 5.82 Å².